The molecule has 4 N–H and O–H groups in total. The Hall–Kier alpha value is -3.77. The minimum Gasteiger partial charge on any atom is -0.497 e. The molecule has 2 aliphatic heterocycles. The number of nitrogens with one attached hydrogen (secondary N) is 2. The summed E-state index contributed by atoms with van der Waals surface area (Å²) in [6.07, 6.45) is 3.34. The summed E-state index contributed by atoms with van der Waals surface area (Å²) < 4.78 is 10.6. The Bertz CT molecular complexity index is 1320. The summed E-state index contributed by atoms with van der Waals surface area (Å²) in [6, 6.07) is 13.3. The number of methoxy groups -OCH3 is 1. The molecule has 1 saturated heterocycles. The van der Waals surface area contributed by atoms with Crippen molar-refractivity contribution in [3.63, 3.8) is 0 Å². The molecule has 2 aromatic carbocycles. The number of carbonyl (C=O) groups is 2. The highest BCUT2D eigenvalue weighted by atomic mass is 35.5. The van der Waals surface area contributed by atoms with Gasteiger partial charge in [0.1, 0.15) is 12.3 Å². The highest BCUT2D eigenvalue weighted by Gasteiger charge is 2.29. The van der Waals surface area contributed by atoms with E-state index in [-0.39, 0.29) is 24.4 Å². The first-order chi connectivity index (χ1) is 20.0. The Labute approximate surface area is 244 Å². The lowest BCUT2D eigenvalue weighted by molar-refractivity contribution is -0.122. The van der Waals surface area contributed by atoms with E-state index in [9.17, 15) is 9.59 Å². The zero-order valence-corrected chi connectivity index (χ0v) is 24.1. The number of nitrogens with zero attached hydrogens (tertiary/aromatic N) is 3. The Kier molecular flexibility index (Phi) is 12.3. The van der Waals surface area contributed by atoms with Crippen LogP contribution in [0.4, 0.5) is 5.95 Å². The average molecular weight is 586 g/mol. The number of hydrogen-bond donors (Lipinski definition) is 4. The highest BCUT2D eigenvalue weighted by molar-refractivity contribution is 6.33. The molecule has 0 spiro atoms. The maximum Gasteiger partial charge on any atom is 0.254 e. The van der Waals surface area contributed by atoms with Crippen LogP contribution in [0.2, 0.25) is 5.02 Å². The molecule has 11 nitrogen and oxygen atoms in total. The van der Waals surface area contributed by atoms with Crippen molar-refractivity contribution in [2.24, 2.45) is 0 Å². The van der Waals surface area contributed by atoms with Gasteiger partial charge in [0.2, 0.25) is 11.9 Å². The van der Waals surface area contributed by atoms with Crippen LogP contribution in [0.25, 0.3) is 11.3 Å². The van der Waals surface area contributed by atoms with Gasteiger partial charge in [-0.25, -0.2) is 9.97 Å². The molecule has 5 rings (SSSR count). The van der Waals surface area contributed by atoms with E-state index in [0.717, 1.165) is 49.5 Å². The van der Waals surface area contributed by atoms with Crippen LogP contribution in [-0.4, -0.2) is 84.0 Å². The maximum absolute atomic E-state index is 13.1. The summed E-state index contributed by atoms with van der Waals surface area (Å²) in [4.78, 5) is 36.2. The summed E-state index contributed by atoms with van der Waals surface area (Å²) in [5.41, 5.74) is 3.60. The lowest BCUT2D eigenvalue weighted by Gasteiger charge is -2.23. The summed E-state index contributed by atoms with van der Waals surface area (Å²) in [5.74, 6) is 0.793. The van der Waals surface area contributed by atoms with Gasteiger partial charge in [0.25, 0.3) is 5.91 Å². The fraction of sp³-hybridized carbons (Fsp3) is 0.379. The van der Waals surface area contributed by atoms with Gasteiger partial charge in [-0.15, -0.1) is 0 Å². The Morgan fingerprint density at radius 2 is 1.90 bits per heavy atom. The van der Waals surface area contributed by atoms with Gasteiger partial charge in [-0.3, -0.25) is 9.59 Å². The third kappa shape index (κ3) is 8.37. The van der Waals surface area contributed by atoms with Crippen LogP contribution in [-0.2, 0) is 22.6 Å². The minimum absolute atomic E-state index is 0.0275. The molecule has 2 aliphatic rings. The van der Waals surface area contributed by atoms with Crippen LogP contribution in [0.3, 0.4) is 0 Å². The molecule has 0 radical (unpaired) electrons. The van der Waals surface area contributed by atoms with Crippen LogP contribution < -0.4 is 15.4 Å². The number of ether oxygens (including phenoxy) is 2. The normalized spacial score (nSPS) is 14.2. The van der Waals surface area contributed by atoms with Crippen molar-refractivity contribution >= 4 is 29.4 Å². The molecule has 3 aromatic rings. The van der Waals surface area contributed by atoms with Gasteiger partial charge in [0.05, 0.1) is 24.0 Å². The van der Waals surface area contributed by atoms with Crippen molar-refractivity contribution in [3.8, 4) is 17.0 Å². The van der Waals surface area contributed by atoms with E-state index in [1.807, 2.05) is 36.4 Å². The fourth-order valence-electron chi connectivity index (χ4n) is 4.51. The highest BCUT2D eigenvalue weighted by Crippen LogP contribution is 2.31. The predicted octanol–water partition coefficient (Wildman–Crippen LogP) is 2.89. The third-order valence-electron chi connectivity index (χ3n) is 6.52. The van der Waals surface area contributed by atoms with E-state index in [4.69, 9.17) is 31.3 Å². The first-order valence-electron chi connectivity index (χ1n) is 13.1. The summed E-state index contributed by atoms with van der Waals surface area (Å²) in [5, 5.41) is 20.6. The molecule has 12 heteroatoms. The largest absolute Gasteiger partial charge is 0.497 e. The second-order valence-corrected chi connectivity index (χ2v) is 9.49. The topological polar surface area (TPSA) is 146 Å². The molecule has 2 amide bonds. The number of rotatable bonds is 8. The molecular weight excluding hydrogens is 550 g/mol. The Morgan fingerprint density at radius 3 is 2.63 bits per heavy atom. The van der Waals surface area contributed by atoms with Crippen LogP contribution in [0, 0.1) is 0 Å². The molecule has 0 saturated carbocycles. The SMILES string of the molecule is CO.CO.COc1cccc(CNC(=O)CN2Cc3ccc(-c4nc(NC5CCOCC5)ncc4Cl)cc3C2=O)c1. The number of aliphatic hydroxyl groups excluding tert-OH is 2. The van der Waals surface area contributed by atoms with Gasteiger partial charge >= 0.3 is 0 Å². The van der Waals surface area contributed by atoms with Crippen molar-refractivity contribution in [2.75, 3.05) is 46.4 Å². The number of halogens is 1. The second kappa shape index (κ2) is 15.9. The Balaban J connectivity index is 0.00000111. The predicted molar refractivity (Wildman–Crippen MR) is 156 cm³/mol. The first kappa shape index (κ1) is 31.8. The number of aromatic nitrogens is 2. The van der Waals surface area contributed by atoms with E-state index in [0.29, 0.717) is 48.5 Å². The van der Waals surface area contributed by atoms with Crippen molar-refractivity contribution < 1.29 is 29.3 Å². The monoisotopic (exact) mass is 585 g/mol. The van der Waals surface area contributed by atoms with E-state index in [1.54, 1.807) is 19.4 Å². The van der Waals surface area contributed by atoms with Crippen LogP contribution >= 0.6 is 11.6 Å². The summed E-state index contributed by atoms with van der Waals surface area (Å²) in [7, 11) is 3.60. The minimum atomic E-state index is -0.230. The number of hydrogen-bond acceptors (Lipinski definition) is 9. The standard InChI is InChI=1S/C27H28ClN5O4.2CH4O/c1-36-21-4-2-3-17(11-21)13-29-24(34)16-33-15-19-6-5-18(12-22(19)26(33)35)25-23(28)14-30-27(32-25)31-20-7-9-37-10-8-20;2*1-2/h2-6,11-12,14,20H,7-10,13,15-16H2,1H3,(H,29,34)(H,30,31,32);2*2H,1H3. The van der Waals surface area contributed by atoms with Gasteiger partial charge in [-0.1, -0.05) is 35.9 Å². The van der Waals surface area contributed by atoms with Crippen LogP contribution in [0.15, 0.2) is 48.7 Å². The van der Waals surface area contributed by atoms with Gasteiger partial charge in [0.15, 0.2) is 0 Å². The summed E-state index contributed by atoms with van der Waals surface area (Å²) in [6.45, 7) is 2.11. The molecule has 1 aromatic heterocycles. The number of amides is 2. The van der Waals surface area contributed by atoms with Crippen molar-refractivity contribution in [3.05, 3.63) is 70.4 Å². The quantitative estimate of drug-likeness (QED) is 0.313. The molecule has 1 fully saturated rings. The zero-order valence-electron chi connectivity index (χ0n) is 23.4. The molecule has 0 unspecified atom stereocenters. The number of benzene rings is 2. The zero-order chi connectivity index (χ0) is 29.8. The summed E-state index contributed by atoms with van der Waals surface area (Å²) >= 11 is 6.43. The smallest absolute Gasteiger partial charge is 0.254 e. The van der Waals surface area contributed by atoms with Crippen molar-refractivity contribution in [1.82, 2.24) is 20.2 Å². The average Bonchev–Trinajstić information content (AvgIpc) is 3.33. The Morgan fingerprint density at radius 1 is 1.15 bits per heavy atom. The van der Waals surface area contributed by atoms with Crippen LogP contribution in [0.5, 0.6) is 5.75 Å². The number of anilines is 1. The van der Waals surface area contributed by atoms with Crippen molar-refractivity contribution in [1.29, 1.82) is 0 Å². The van der Waals surface area contributed by atoms with Gasteiger partial charge in [-0.05, 0) is 42.2 Å². The number of carbonyl (C=O) groups excluding carboxylic acids is 2. The lowest BCUT2D eigenvalue weighted by Crippen LogP contribution is -2.37. The fourth-order valence-corrected chi connectivity index (χ4v) is 4.71. The molecule has 3 heterocycles. The molecule has 0 atom stereocenters. The number of fused-ring (bicyclic) bond motifs is 1. The molecule has 220 valence electrons. The van der Waals surface area contributed by atoms with Gasteiger partial charge in [-0.2, -0.15) is 0 Å². The third-order valence-corrected chi connectivity index (χ3v) is 6.80. The van der Waals surface area contributed by atoms with Gasteiger partial charge in [0, 0.05) is 57.7 Å². The molecule has 0 aliphatic carbocycles. The van der Waals surface area contributed by atoms with Crippen molar-refractivity contribution in [2.45, 2.75) is 32.0 Å². The first-order valence-corrected chi connectivity index (χ1v) is 13.5. The van der Waals surface area contributed by atoms with E-state index < -0.39 is 0 Å². The second-order valence-electron chi connectivity index (χ2n) is 9.08. The number of aliphatic hydroxyl groups is 2. The molecule has 41 heavy (non-hydrogen) atoms. The molecule has 0 bridgehead atoms. The maximum atomic E-state index is 13.1. The van der Waals surface area contributed by atoms with E-state index in [1.165, 1.54) is 4.90 Å². The van der Waals surface area contributed by atoms with E-state index >= 15 is 0 Å². The van der Waals surface area contributed by atoms with E-state index in [2.05, 4.69) is 20.6 Å². The van der Waals surface area contributed by atoms with Crippen LogP contribution in [0.1, 0.15) is 34.3 Å². The van der Waals surface area contributed by atoms with Gasteiger partial charge < -0.3 is 35.2 Å². The molecular formula is C29H36ClN5O6. The lowest BCUT2D eigenvalue weighted by atomic mass is 10.0.